The third-order valence-corrected chi connectivity index (χ3v) is 4.50. The maximum absolute atomic E-state index is 11.9. The Morgan fingerprint density at radius 1 is 1.09 bits per heavy atom. The van der Waals surface area contributed by atoms with E-state index < -0.39 is 17.4 Å². The molecule has 0 bridgehead atoms. The third kappa shape index (κ3) is 7.33. The van der Waals surface area contributed by atoms with Gasteiger partial charge in [-0.2, -0.15) is 0 Å². The standard InChI is InChI=1S/C24H23N3O7/c28-16-17-8-13-22(26-24(30)34-21-6-2-1-3-7-21)18(15-17)5-4-14-33-23(29)25-19-9-11-20(12-10-19)27(31)32/h1-13,15,24,26,28,30H,14,16H2,(H,25,29)/b5-4+. The molecule has 0 radical (unpaired) electrons. The fourth-order valence-electron chi connectivity index (χ4n) is 2.89. The SMILES string of the molecule is O=C(Nc1ccc([N+](=O)[O-])cc1)OC/C=C/c1cc(CO)ccc1NC(O)Oc1ccccc1. The fourth-order valence-corrected chi connectivity index (χ4v) is 2.89. The van der Waals surface area contributed by atoms with Gasteiger partial charge in [0, 0.05) is 23.5 Å². The van der Waals surface area contributed by atoms with Crippen molar-refractivity contribution in [2.24, 2.45) is 0 Å². The number of anilines is 2. The number of hydrogen-bond donors (Lipinski definition) is 4. The van der Waals surface area contributed by atoms with E-state index in [9.17, 15) is 25.1 Å². The Balaban J connectivity index is 1.57. The molecule has 3 aromatic rings. The highest BCUT2D eigenvalue weighted by molar-refractivity contribution is 5.84. The number of para-hydroxylation sites is 1. The van der Waals surface area contributed by atoms with E-state index in [-0.39, 0.29) is 18.9 Å². The van der Waals surface area contributed by atoms with Crippen LogP contribution in [0.4, 0.5) is 21.9 Å². The molecule has 1 atom stereocenters. The summed E-state index contributed by atoms with van der Waals surface area (Å²) in [5, 5.41) is 35.6. The highest BCUT2D eigenvalue weighted by Gasteiger charge is 2.10. The van der Waals surface area contributed by atoms with Crippen LogP contribution in [0.2, 0.25) is 0 Å². The van der Waals surface area contributed by atoms with E-state index in [1.54, 1.807) is 54.6 Å². The number of hydrogen-bond acceptors (Lipinski definition) is 8. The van der Waals surface area contributed by atoms with Crippen LogP contribution in [0.25, 0.3) is 6.08 Å². The van der Waals surface area contributed by atoms with Crippen molar-refractivity contribution in [2.75, 3.05) is 17.2 Å². The molecule has 0 aliphatic heterocycles. The molecule has 0 spiro atoms. The molecule has 0 aromatic heterocycles. The largest absolute Gasteiger partial charge is 0.447 e. The second-order valence-electron chi connectivity index (χ2n) is 6.94. The van der Waals surface area contributed by atoms with Crippen LogP contribution in [0.1, 0.15) is 11.1 Å². The minimum atomic E-state index is -1.32. The summed E-state index contributed by atoms with van der Waals surface area (Å²) in [7, 11) is 0. The van der Waals surface area contributed by atoms with Crippen molar-refractivity contribution in [3.63, 3.8) is 0 Å². The summed E-state index contributed by atoms with van der Waals surface area (Å²) in [6.45, 7) is -0.233. The first-order chi connectivity index (χ1) is 16.4. The average Bonchev–Trinajstić information content (AvgIpc) is 2.83. The maximum Gasteiger partial charge on any atom is 0.411 e. The number of rotatable bonds is 10. The molecule has 0 heterocycles. The Morgan fingerprint density at radius 3 is 2.50 bits per heavy atom. The number of carbonyl (C=O) groups is 1. The van der Waals surface area contributed by atoms with Crippen molar-refractivity contribution < 1.29 is 29.4 Å². The van der Waals surface area contributed by atoms with Gasteiger partial charge in [-0.3, -0.25) is 15.4 Å². The van der Waals surface area contributed by atoms with Crippen LogP contribution in [-0.4, -0.2) is 34.3 Å². The van der Waals surface area contributed by atoms with E-state index in [4.69, 9.17) is 9.47 Å². The van der Waals surface area contributed by atoms with Gasteiger partial charge < -0.3 is 25.0 Å². The Kier molecular flexibility index (Phi) is 8.55. The van der Waals surface area contributed by atoms with E-state index >= 15 is 0 Å². The van der Waals surface area contributed by atoms with E-state index in [1.807, 2.05) is 6.07 Å². The quantitative estimate of drug-likeness (QED) is 0.199. The van der Waals surface area contributed by atoms with Crippen molar-refractivity contribution in [1.82, 2.24) is 0 Å². The number of carbonyl (C=O) groups excluding carboxylic acids is 1. The lowest BCUT2D eigenvalue weighted by Gasteiger charge is -2.18. The number of nitrogens with zero attached hydrogens (tertiary/aromatic N) is 1. The maximum atomic E-state index is 11.9. The Morgan fingerprint density at radius 2 is 1.82 bits per heavy atom. The van der Waals surface area contributed by atoms with E-state index in [1.165, 1.54) is 24.3 Å². The van der Waals surface area contributed by atoms with Gasteiger partial charge >= 0.3 is 6.09 Å². The fraction of sp³-hybridized carbons (Fsp3) is 0.125. The molecule has 0 saturated heterocycles. The molecule has 0 saturated carbocycles. The summed E-state index contributed by atoms with van der Waals surface area (Å²) < 4.78 is 10.5. The molecule has 0 aliphatic rings. The first-order valence-electron chi connectivity index (χ1n) is 10.2. The summed E-state index contributed by atoms with van der Waals surface area (Å²) in [4.78, 5) is 22.1. The van der Waals surface area contributed by atoms with Crippen molar-refractivity contribution >= 4 is 29.2 Å². The lowest BCUT2D eigenvalue weighted by atomic mass is 10.1. The smallest absolute Gasteiger partial charge is 0.411 e. The van der Waals surface area contributed by atoms with Gasteiger partial charge in [-0.1, -0.05) is 30.3 Å². The van der Waals surface area contributed by atoms with Gasteiger partial charge in [-0.15, -0.1) is 0 Å². The highest BCUT2D eigenvalue weighted by Crippen LogP contribution is 2.21. The molecule has 4 N–H and O–H groups in total. The number of aliphatic hydroxyl groups is 2. The molecule has 34 heavy (non-hydrogen) atoms. The number of aliphatic hydroxyl groups excluding tert-OH is 2. The summed E-state index contributed by atoms with van der Waals surface area (Å²) in [6.07, 6.45) is 1.20. The number of non-ortho nitro benzene ring substituents is 1. The topological polar surface area (TPSA) is 143 Å². The van der Waals surface area contributed by atoms with Crippen molar-refractivity contribution in [2.45, 2.75) is 13.0 Å². The Hall–Kier alpha value is -4.41. The normalized spacial score (nSPS) is 11.6. The van der Waals surface area contributed by atoms with Gasteiger partial charge in [0.25, 0.3) is 12.1 Å². The number of benzene rings is 3. The van der Waals surface area contributed by atoms with Gasteiger partial charge in [0.1, 0.15) is 12.4 Å². The lowest BCUT2D eigenvalue weighted by Crippen LogP contribution is -2.26. The van der Waals surface area contributed by atoms with Gasteiger partial charge in [0.15, 0.2) is 0 Å². The highest BCUT2D eigenvalue weighted by atomic mass is 16.6. The molecule has 1 unspecified atom stereocenters. The molecule has 1 amide bonds. The summed E-state index contributed by atoms with van der Waals surface area (Å²) in [5.41, 5.74) is 2.08. The third-order valence-electron chi connectivity index (χ3n) is 4.50. The van der Waals surface area contributed by atoms with Crippen molar-refractivity contribution in [3.8, 4) is 5.75 Å². The predicted octanol–water partition coefficient (Wildman–Crippen LogP) is 4.12. The van der Waals surface area contributed by atoms with Gasteiger partial charge in [-0.25, -0.2) is 4.79 Å². The molecular formula is C24H23N3O7. The van der Waals surface area contributed by atoms with Gasteiger partial charge in [0.2, 0.25) is 0 Å². The number of nitro benzene ring substituents is 1. The van der Waals surface area contributed by atoms with Crippen LogP contribution in [-0.2, 0) is 11.3 Å². The molecule has 10 nitrogen and oxygen atoms in total. The molecule has 3 aromatic carbocycles. The Labute approximate surface area is 195 Å². The van der Waals surface area contributed by atoms with Crippen LogP contribution < -0.4 is 15.4 Å². The number of ether oxygens (including phenoxy) is 2. The second kappa shape index (κ2) is 12.0. The van der Waals surface area contributed by atoms with Gasteiger partial charge in [-0.05, 0) is 53.6 Å². The zero-order valence-electron chi connectivity index (χ0n) is 18.0. The van der Waals surface area contributed by atoms with Crippen LogP contribution >= 0.6 is 0 Å². The molecule has 176 valence electrons. The minimum Gasteiger partial charge on any atom is -0.447 e. The molecule has 0 aliphatic carbocycles. The summed E-state index contributed by atoms with van der Waals surface area (Å²) in [5.74, 6) is 0.485. The number of nitro groups is 1. The predicted molar refractivity (Wildman–Crippen MR) is 126 cm³/mol. The average molecular weight is 465 g/mol. The first kappa shape index (κ1) is 24.2. The second-order valence-corrected chi connectivity index (χ2v) is 6.94. The first-order valence-corrected chi connectivity index (χ1v) is 10.2. The van der Waals surface area contributed by atoms with E-state index in [2.05, 4.69) is 10.6 Å². The minimum absolute atomic E-state index is 0.0648. The van der Waals surface area contributed by atoms with Crippen molar-refractivity contribution in [1.29, 1.82) is 0 Å². The Bertz CT molecular complexity index is 1140. The van der Waals surface area contributed by atoms with Crippen LogP contribution in [0, 0.1) is 10.1 Å². The monoisotopic (exact) mass is 465 g/mol. The van der Waals surface area contributed by atoms with Gasteiger partial charge in [0.05, 0.1) is 11.5 Å². The molecule has 3 rings (SSSR count). The van der Waals surface area contributed by atoms with E-state index in [0.29, 0.717) is 28.3 Å². The van der Waals surface area contributed by atoms with Crippen LogP contribution in [0.5, 0.6) is 5.75 Å². The molecular weight excluding hydrogens is 442 g/mol. The summed E-state index contributed by atoms with van der Waals surface area (Å²) in [6, 6.07) is 19.2. The summed E-state index contributed by atoms with van der Waals surface area (Å²) >= 11 is 0. The van der Waals surface area contributed by atoms with Crippen molar-refractivity contribution in [3.05, 3.63) is 100 Å². The molecule has 10 heteroatoms. The number of nitrogens with one attached hydrogen (secondary N) is 2. The zero-order valence-corrected chi connectivity index (χ0v) is 18.0. The van der Waals surface area contributed by atoms with Crippen LogP contribution in [0.15, 0.2) is 78.9 Å². The zero-order chi connectivity index (χ0) is 24.3. The van der Waals surface area contributed by atoms with Crippen LogP contribution in [0.3, 0.4) is 0 Å². The molecule has 0 fully saturated rings. The lowest BCUT2D eigenvalue weighted by molar-refractivity contribution is -0.384. The number of amides is 1. The van der Waals surface area contributed by atoms with E-state index in [0.717, 1.165) is 0 Å².